The number of rotatable bonds is 4. The molecule has 1 aliphatic heterocycles. The summed E-state index contributed by atoms with van der Waals surface area (Å²) in [5.74, 6) is -1.44. The Hall–Kier alpha value is -3.45. The maximum absolute atomic E-state index is 13.3. The number of para-hydroxylation sites is 1. The topological polar surface area (TPSA) is 84.7 Å². The first-order chi connectivity index (χ1) is 14.0. The van der Waals surface area contributed by atoms with Crippen molar-refractivity contribution in [2.24, 2.45) is 0 Å². The first-order valence-electron chi connectivity index (χ1n) is 9.40. The molecular formula is C22H21N3O4. The van der Waals surface area contributed by atoms with E-state index < -0.39 is 5.97 Å². The number of carbonyl (C=O) groups excluding carboxylic acids is 1. The third-order valence-corrected chi connectivity index (χ3v) is 5.04. The van der Waals surface area contributed by atoms with Gasteiger partial charge in [-0.1, -0.05) is 42.5 Å². The van der Waals surface area contributed by atoms with Gasteiger partial charge in [-0.2, -0.15) is 5.10 Å². The normalized spacial score (nSPS) is 16.6. The van der Waals surface area contributed by atoms with Crippen LogP contribution in [0.4, 0.5) is 0 Å². The van der Waals surface area contributed by atoms with E-state index in [9.17, 15) is 14.7 Å². The molecule has 148 valence electrons. The van der Waals surface area contributed by atoms with E-state index in [1.807, 2.05) is 49.4 Å². The monoisotopic (exact) mass is 391 g/mol. The largest absolute Gasteiger partial charge is 0.476 e. The summed E-state index contributed by atoms with van der Waals surface area (Å²) >= 11 is 0. The Morgan fingerprint density at radius 1 is 1.10 bits per heavy atom. The lowest BCUT2D eigenvalue weighted by molar-refractivity contribution is -0.0233. The summed E-state index contributed by atoms with van der Waals surface area (Å²) < 4.78 is 7.30. The lowest BCUT2D eigenvalue weighted by Crippen LogP contribution is -2.43. The van der Waals surface area contributed by atoms with Crippen LogP contribution in [0.5, 0.6) is 0 Å². The molecular weight excluding hydrogens is 370 g/mol. The van der Waals surface area contributed by atoms with Gasteiger partial charge in [0.1, 0.15) is 11.8 Å². The van der Waals surface area contributed by atoms with Gasteiger partial charge in [0.15, 0.2) is 5.69 Å². The van der Waals surface area contributed by atoms with E-state index >= 15 is 0 Å². The SMILES string of the molecule is Cc1ccccc1C1CN(C(=O)c2cc(C(=O)O)nn2-c2ccccc2)CCO1. The number of hydrogen-bond donors (Lipinski definition) is 1. The van der Waals surface area contributed by atoms with Crippen LogP contribution in [-0.2, 0) is 4.74 Å². The molecule has 7 heteroatoms. The highest BCUT2D eigenvalue weighted by atomic mass is 16.5. The van der Waals surface area contributed by atoms with Crippen LogP contribution in [0.25, 0.3) is 5.69 Å². The van der Waals surface area contributed by atoms with E-state index in [-0.39, 0.29) is 23.4 Å². The Kier molecular flexibility index (Phi) is 5.14. The van der Waals surface area contributed by atoms with Crippen molar-refractivity contribution in [3.63, 3.8) is 0 Å². The van der Waals surface area contributed by atoms with Crippen molar-refractivity contribution in [2.75, 3.05) is 19.7 Å². The molecule has 0 spiro atoms. The van der Waals surface area contributed by atoms with Crippen molar-refractivity contribution in [2.45, 2.75) is 13.0 Å². The number of carboxylic acid groups (broad SMARTS) is 1. The van der Waals surface area contributed by atoms with Gasteiger partial charge in [0.05, 0.1) is 18.8 Å². The molecule has 0 aliphatic carbocycles. The molecule has 1 atom stereocenters. The van der Waals surface area contributed by atoms with Crippen LogP contribution in [-0.4, -0.2) is 51.4 Å². The molecule has 1 aromatic heterocycles. The molecule has 0 radical (unpaired) electrons. The summed E-state index contributed by atoms with van der Waals surface area (Å²) in [6.45, 7) is 3.26. The zero-order chi connectivity index (χ0) is 20.4. The predicted molar refractivity (Wildman–Crippen MR) is 106 cm³/mol. The zero-order valence-electron chi connectivity index (χ0n) is 16.0. The molecule has 2 heterocycles. The predicted octanol–water partition coefficient (Wildman–Crippen LogP) is 3.09. The van der Waals surface area contributed by atoms with E-state index in [0.717, 1.165) is 11.1 Å². The van der Waals surface area contributed by atoms with Crippen molar-refractivity contribution in [3.05, 3.63) is 83.2 Å². The molecule has 7 nitrogen and oxygen atoms in total. The van der Waals surface area contributed by atoms with Gasteiger partial charge in [0.25, 0.3) is 5.91 Å². The fourth-order valence-electron chi connectivity index (χ4n) is 3.54. The number of aromatic nitrogens is 2. The van der Waals surface area contributed by atoms with Crippen LogP contribution in [0.1, 0.15) is 38.2 Å². The van der Waals surface area contributed by atoms with E-state index in [2.05, 4.69) is 5.10 Å². The van der Waals surface area contributed by atoms with Gasteiger partial charge >= 0.3 is 5.97 Å². The summed E-state index contributed by atoms with van der Waals surface area (Å²) in [6, 6.07) is 18.3. The highest BCUT2D eigenvalue weighted by Crippen LogP contribution is 2.26. The quantitative estimate of drug-likeness (QED) is 0.739. The number of ether oxygens (including phenoxy) is 1. The molecule has 1 aliphatic rings. The average molecular weight is 391 g/mol. The number of carbonyl (C=O) groups is 2. The minimum Gasteiger partial charge on any atom is -0.476 e. The maximum Gasteiger partial charge on any atom is 0.356 e. The van der Waals surface area contributed by atoms with E-state index in [1.165, 1.54) is 10.7 Å². The summed E-state index contributed by atoms with van der Waals surface area (Å²) in [5.41, 5.74) is 2.84. The number of carboxylic acids is 1. The Morgan fingerprint density at radius 3 is 2.55 bits per heavy atom. The minimum absolute atomic E-state index is 0.166. The molecule has 0 saturated carbocycles. The van der Waals surface area contributed by atoms with Crippen LogP contribution in [0.15, 0.2) is 60.7 Å². The number of nitrogens with zero attached hydrogens (tertiary/aromatic N) is 3. The van der Waals surface area contributed by atoms with E-state index in [1.54, 1.807) is 17.0 Å². The zero-order valence-corrected chi connectivity index (χ0v) is 16.0. The second kappa shape index (κ2) is 7.89. The van der Waals surface area contributed by atoms with Crippen molar-refractivity contribution in [1.29, 1.82) is 0 Å². The standard InChI is InChI=1S/C22H21N3O4/c1-15-7-5-6-10-17(15)20-14-24(11-12-29-20)21(26)19-13-18(22(27)28)23-25(19)16-8-3-2-4-9-16/h2-10,13,20H,11-12,14H2,1H3,(H,27,28). The lowest BCUT2D eigenvalue weighted by atomic mass is 10.0. The Balaban J connectivity index is 1.65. The second-order valence-corrected chi connectivity index (χ2v) is 6.93. The Bertz CT molecular complexity index is 1050. The number of morpholine rings is 1. The molecule has 1 saturated heterocycles. The van der Waals surface area contributed by atoms with Crippen molar-refractivity contribution >= 4 is 11.9 Å². The van der Waals surface area contributed by atoms with E-state index in [0.29, 0.717) is 25.4 Å². The minimum atomic E-state index is -1.17. The van der Waals surface area contributed by atoms with Crippen molar-refractivity contribution in [3.8, 4) is 5.69 Å². The fraction of sp³-hybridized carbons (Fsp3) is 0.227. The number of benzene rings is 2. The van der Waals surface area contributed by atoms with E-state index in [4.69, 9.17) is 4.74 Å². The molecule has 1 fully saturated rings. The smallest absolute Gasteiger partial charge is 0.356 e. The third-order valence-electron chi connectivity index (χ3n) is 5.04. The Morgan fingerprint density at radius 2 is 1.83 bits per heavy atom. The summed E-state index contributed by atoms with van der Waals surface area (Å²) in [7, 11) is 0. The first kappa shape index (κ1) is 18.9. The Labute approximate surface area is 168 Å². The van der Waals surface area contributed by atoms with Crippen molar-refractivity contribution in [1.82, 2.24) is 14.7 Å². The highest BCUT2D eigenvalue weighted by Gasteiger charge is 2.30. The molecule has 29 heavy (non-hydrogen) atoms. The molecule has 3 aromatic rings. The summed E-state index contributed by atoms with van der Waals surface area (Å²) in [4.78, 5) is 26.5. The van der Waals surface area contributed by atoms with Gasteiger partial charge in [-0.25, -0.2) is 9.48 Å². The molecule has 4 rings (SSSR count). The highest BCUT2D eigenvalue weighted by molar-refractivity contribution is 5.96. The molecule has 0 bridgehead atoms. The second-order valence-electron chi connectivity index (χ2n) is 6.93. The van der Waals surface area contributed by atoms with Crippen molar-refractivity contribution < 1.29 is 19.4 Å². The van der Waals surface area contributed by atoms with Crippen LogP contribution < -0.4 is 0 Å². The third kappa shape index (κ3) is 3.77. The van der Waals surface area contributed by atoms with Crippen LogP contribution in [0, 0.1) is 6.92 Å². The summed E-state index contributed by atoms with van der Waals surface area (Å²) in [5, 5.41) is 13.5. The fourth-order valence-corrected chi connectivity index (χ4v) is 3.54. The lowest BCUT2D eigenvalue weighted by Gasteiger charge is -2.33. The molecule has 1 N–H and O–H groups in total. The van der Waals surface area contributed by atoms with Gasteiger partial charge < -0.3 is 14.7 Å². The number of amides is 1. The van der Waals surface area contributed by atoms with Crippen LogP contribution >= 0.6 is 0 Å². The molecule has 1 amide bonds. The summed E-state index contributed by atoms with van der Waals surface area (Å²) in [6.07, 6.45) is -0.221. The molecule has 1 unspecified atom stereocenters. The number of hydrogen-bond acceptors (Lipinski definition) is 4. The van der Waals surface area contributed by atoms with Gasteiger partial charge in [0.2, 0.25) is 0 Å². The van der Waals surface area contributed by atoms with Crippen LogP contribution in [0.2, 0.25) is 0 Å². The van der Waals surface area contributed by atoms with Gasteiger partial charge in [-0.3, -0.25) is 4.79 Å². The van der Waals surface area contributed by atoms with Crippen LogP contribution in [0.3, 0.4) is 0 Å². The van der Waals surface area contributed by atoms with Gasteiger partial charge in [-0.15, -0.1) is 0 Å². The molecule has 2 aromatic carbocycles. The van der Waals surface area contributed by atoms with Gasteiger partial charge in [0, 0.05) is 12.6 Å². The average Bonchev–Trinajstić information content (AvgIpc) is 3.20. The first-order valence-corrected chi connectivity index (χ1v) is 9.40. The number of aryl methyl sites for hydroxylation is 1. The number of aromatic carboxylic acids is 1. The maximum atomic E-state index is 13.3. The van der Waals surface area contributed by atoms with Gasteiger partial charge in [-0.05, 0) is 30.2 Å².